The van der Waals surface area contributed by atoms with Gasteiger partial charge in [0.15, 0.2) is 0 Å². The molecule has 1 aromatic heterocycles. The number of aromatic nitrogens is 1. The van der Waals surface area contributed by atoms with E-state index in [2.05, 4.69) is 9.56 Å². The molecule has 0 N–H and O–H groups in total. The molecule has 1 heterocycles. The Balaban J connectivity index is 2.74. The van der Waals surface area contributed by atoms with Crippen molar-refractivity contribution in [3.05, 3.63) is 53.9 Å². The van der Waals surface area contributed by atoms with E-state index in [0.29, 0.717) is 0 Å². The number of hydrogen-bond acceptors (Lipinski definition) is 2. The first kappa shape index (κ1) is 10.5. The molecule has 0 bridgehead atoms. The largest absolute Gasteiger partial charge is 0.344 e. The highest BCUT2D eigenvalue weighted by Gasteiger charge is 2.05. The molecule has 0 aliphatic heterocycles. The smallest absolute Gasteiger partial charge is 0.206 e. The highest BCUT2D eigenvalue weighted by atomic mass is 14.9. The minimum atomic E-state index is 0.752. The summed E-state index contributed by atoms with van der Waals surface area (Å²) in [5.74, 6) is 0. The Kier molecular flexibility index (Phi) is 2.35. The van der Waals surface area contributed by atoms with Crippen LogP contribution in [-0.2, 0) is 7.05 Å². The van der Waals surface area contributed by atoms with Crippen molar-refractivity contribution in [3.63, 3.8) is 0 Å². The van der Waals surface area contributed by atoms with Crippen LogP contribution in [0.5, 0.6) is 0 Å². The highest BCUT2D eigenvalue weighted by molar-refractivity contribution is 5.93. The number of nitriles is 1. The summed E-state index contributed by atoms with van der Waals surface area (Å²) in [7, 11) is 2.03. The van der Waals surface area contributed by atoms with E-state index in [1.54, 1.807) is 0 Å². The Morgan fingerprint density at radius 2 is 1.44 bits per heavy atom. The number of para-hydroxylation sites is 2. The molecule has 0 fully saturated rings. The molecule has 0 atom stereocenters. The van der Waals surface area contributed by atoms with Crippen LogP contribution in [0.4, 0.5) is 0 Å². The molecular weight excluding hydrogens is 222 g/mol. The van der Waals surface area contributed by atoms with E-state index >= 15 is 0 Å². The average molecular weight is 233 g/mol. The van der Waals surface area contributed by atoms with Crippen LogP contribution < -0.4 is 5.36 Å². The average Bonchev–Trinajstić information content (AvgIpc) is 2.43. The molecule has 0 aliphatic rings. The van der Waals surface area contributed by atoms with Crippen LogP contribution in [0.25, 0.3) is 21.8 Å². The summed E-state index contributed by atoms with van der Waals surface area (Å²) in [4.78, 5) is 4.00. The lowest BCUT2D eigenvalue weighted by atomic mass is 10.1. The van der Waals surface area contributed by atoms with Gasteiger partial charge in [-0.15, -0.1) is 0 Å². The number of rotatable bonds is 0. The first-order valence-corrected chi connectivity index (χ1v) is 5.72. The van der Waals surface area contributed by atoms with Crippen molar-refractivity contribution in [2.45, 2.75) is 0 Å². The Bertz CT molecular complexity index is 791. The summed E-state index contributed by atoms with van der Waals surface area (Å²) in [6.45, 7) is 0. The molecule has 0 saturated heterocycles. The summed E-state index contributed by atoms with van der Waals surface area (Å²) < 4.78 is 2.13. The zero-order chi connectivity index (χ0) is 12.5. The van der Waals surface area contributed by atoms with E-state index in [1.165, 1.54) is 0 Å². The van der Waals surface area contributed by atoms with E-state index in [0.717, 1.165) is 27.2 Å². The minimum Gasteiger partial charge on any atom is -0.344 e. The summed E-state index contributed by atoms with van der Waals surface area (Å²) in [5.41, 5.74) is 2.15. The normalized spacial score (nSPS) is 10.4. The molecule has 3 aromatic rings. The molecule has 0 radical (unpaired) electrons. The van der Waals surface area contributed by atoms with Crippen LogP contribution in [0.2, 0.25) is 0 Å². The Morgan fingerprint density at radius 3 is 1.94 bits per heavy atom. The molecule has 3 heteroatoms. The van der Waals surface area contributed by atoms with Crippen LogP contribution in [0, 0.1) is 11.5 Å². The molecule has 0 unspecified atom stereocenters. The first-order valence-electron chi connectivity index (χ1n) is 5.72. The van der Waals surface area contributed by atoms with Crippen LogP contribution in [0.15, 0.2) is 53.5 Å². The Hall–Kier alpha value is -2.60. The summed E-state index contributed by atoms with van der Waals surface area (Å²) >= 11 is 0. The fourth-order valence-electron chi connectivity index (χ4n) is 2.38. The van der Waals surface area contributed by atoms with Gasteiger partial charge >= 0.3 is 0 Å². The monoisotopic (exact) mass is 233 g/mol. The molecule has 18 heavy (non-hydrogen) atoms. The van der Waals surface area contributed by atoms with Gasteiger partial charge in [0.2, 0.25) is 6.19 Å². The van der Waals surface area contributed by atoms with Gasteiger partial charge in [-0.3, -0.25) is 0 Å². The summed E-state index contributed by atoms with van der Waals surface area (Å²) in [6, 6.07) is 16.0. The second-order valence-electron chi connectivity index (χ2n) is 4.15. The predicted molar refractivity (Wildman–Crippen MR) is 71.6 cm³/mol. The Morgan fingerprint density at radius 1 is 0.944 bits per heavy atom. The lowest BCUT2D eigenvalue weighted by Crippen LogP contribution is -2.10. The van der Waals surface area contributed by atoms with Gasteiger partial charge in [0.25, 0.3) is 0 Å². The van der Waals surface area contributed by atoms with Gasteiger partial charge in [-0.2, -0.15) is 10.3 Å². The van der Waals surface area contributed by atoms with Gasteiger partial charge in [-0.1, -0.05) is 36.4 Å². The fourth-order valence-corrected chi connectivity index (χ4v) is 2.38. The number of aryl methyl sites for hydroxylation is 1. The molecule has 0 saturated carbocycles. The van der Waals surface area contributed by atoms with Gasteiger partial charge in [-0.25, -0.2) is 0 Å². The third-order valence-electron chi connectivity index (χ3n) is 3.20. The highest BCUT2D eigenvalue weighted by Crippen LogP contribution is 2.17. The van der Waals surface area contributed by atoms with Crippen LogP contribution in [-0.4, -0.2) is 4.57 Å². The van der Waals surface area contributed by atoms with Gasteiger partial charge in [0.1, 0.15) is 0 Å². The number of pyridine rings is 1. The van der Waals surface area contributed by atoms with Gasteiger partial charge in [0.05, 0.1) is 16.4 Å². The topological polar surface area (TPSA) is 41.1 Å². The second-order valence-corrected chi connectivity index (χ2v) is 4.15. The Labute approximate surface area is 104 Å². The maximum Gasteiger partial charge on any atom is 0.206 e. The molecule has 0 aliphatic carbocycles. The van der Waals surface area contributed by atoms with Crippen molar-refractivity contribution >= 4 is 21.8 Å². The van der Waals surface area contributed by atoms with Gasteiger partial charge < -0.3 is 4.57 Å². The number of benzene rings is 2. The number of fused-ring (bicyclic) bond motifs is 2. The lowest BCUT2D eigenvalue weighted by Gasteiger charge is -2.10. The zero-order valence-corrected chi connectivity index (χ0v) is 9.96. The van der Waals surface area contributed by atoms with Crippen molar-refractivity contribution in [2.75, 3.05) is 0 Å². The van der Waals surface area contributed by atoms with Crippen molar-refractivity contribution in [2.24, 2.45) is 12.0 Å². The van der Waals surface area contributed by atoms with Crippen LogP contribution >= 0.6 is 0 Å². The van der Waals surface area contributed by atoms with E-state index in [9.17, 15) is 0 Å². The second kappa shape index (κ2) is 4.01. The lowest BCUT2D eigenvalue weighted by molar-refractivity contribution is 1.00. The number of nitrogens with zero attached hydrogens (tertiary/aromatic N) is 3. The molecular formula is C15H11N3. The van der Waals surface area contributed by atoms with Crippen molar-refractivity contribution in [1.82, 2.24) is 4.57 Å². The van der Waals surface area contributed by atoms with Gasteiger partial charge in [0, 0.05) is 17.8 Å². The quantitative estimate of drug-likeness (QED) is 0.435. The van der Waals surface area contributed by atoms with Crippen molar-refractivity contribution < 1.29 is 0 Å². The van der Waals surface area contributed by atoms with Crippen molar-refractivity contribution in [1.29, 1.82) is 5.26 Å². The van der Waals surface area contributed by atoms with E-state index < -0.39 is 0 Å². The van der Waals surface area contributed by atoms with Crippen LogP contribution in [0.3, 0.4) is 0 Å². The first-order chi connectivity index (χ1) is 8.83. The third-order valence-corrected chi connectivity index (χ3v) is 3.20. The molecule has 0 spiro atoms. The molecule has 0 amide bonds. The molecule has 86 valence electrons. The molecule has 3 rings (SSSR count). The van der Waals surface area contributed by atoms with E-state index in [-0.39, 0.29) is 0 Å². The van der Waals surface area contributed by atoms with E-state index in [1.807, 2.05) is 61.8 Å². The zero-order valence-electron chi connectivity index (χ0n) is 9.96. The van der Waals surface area contributed by atoms with Gasteiger partial charge in [-0.05, 0) is 12.1 Å². The minimum absolute atomic E-state index is 0.752. The van der Waals surface area contributed by atoms with Crippen molar-refractivity contribution in [3.8, 4) is 6.19 Å². The van der Waals surface area contributed by atoms with E-state index in [4.69, 9.17) is 5.26 Å². The predicted octanol–water partition coefficient (Wildman–Crippen LogP) is 2.71. The number of hydrogen-bond donors (Lipinski definition) is 0. The molecule has 3 nitrogen and oxygen atoms in total. The molecule has 2 aromatic carbocycles. The summed E-state index contributed by atoms with van der Waals surface area (Å²) in [6.07, 6.45) is 1.90. The fraction of sp³-hybridized carbons (Fsp3) is 0.0667. The standard InChI is InChI=1S/C15H11N3/c1-18-13-8-4-2-6-11(13)15(17-10-16)12-7-3-5-9-14(12)18/h2-9H,1H3. The third kappa shape index (κ3) is 1.40. The SMILES string of the molecule is Cn1c2ccccc2c(=NC#N)c2ccccc21. The summed E-state index contributed by atoms with van der Waals surface area (Å²) in [5, 5.41) is 11.6. The maximum absolute atomic E-state index is 8.88. The maximum atomic E-state index is 8.88. The van der Waals surface area contributed by atoms with Crippen LogP contribution in [0.1, 0.15) is 0 Å².